The number of nitrogens with two attached hydrogens (primary N) is 1. The number of nitrogens with zero attached hydrogens (tertiary/aromatic N) is 3. The van der Waals surface area contributed by atoms with Crippen LogP contribution in [-0.2, 0) is 4.74 Å². The van der Waals surface area contributed by atoms with Crippen molar-refractivity contribution in [3.8, 4) is 5.69 Å². The summed E-state index contributed by atoms with van der Waals surface area (Å²) in [7, 11) is 0. The van der Waals surface area contributed by atoms with Crippen molar-refractivity contribution in [3.05, 3.63) is 58.6 Å². The third kappa shape index (κ3) is 4.08. The number of benzene rings is 2. The van der Waals surface area contributed by atoms with E-state index in [1.54, 1.807) is 4.57 Å². The van der Waals surface area contributed by atoms with Crippen molar-refractivity contribution in [1.82, 2.24) is 14.5 Å². The maximum absolute atomic E-state index is 13.0. The van der Waals surface area contributed by atoms with Crippen LogP contribution in [0.5, 0.6) is 0 Å². The molecule has 0 unspecified atom stereocenters. The number of hydrogen-bond acceptors (Lipinski definition) is 5. The summed E-state index contributed by atoms with van der Waals surface area (Å²) in [4.78, 5) is 22.5. The summed E-state index contributed by atoms with van der Waals surface area (Å²) in [6, 6.07) is 13.1. The van der Waals surface area contributed by atoms with Crippen LogP contribution in [0.2, 0.25) is 5.02 Å². The largest absolute Gasteiger partial charge is 0.462 e. The molecule has 0 amide bonds. The van der Waals surface area contributed by atoms with E-state index < -0.39 is 5.97 Å². The van der Waals surface area contributed by atoms with Gasteiger partial charge in [-0.15, -0.1) is 0 Å². The van der Waals surface area contributed by atoms with E-state index in [4.69, 9.17) is 32.0 Å². The number of para-hydroxylation sites is 2. The molecule has 2 aromatic heterocycles. The Morgan fingerprint density at radius 3 is 2.55 bits per heavy atom. The van der Waals surface area contributed by atoms with Crippen molar-refractivity contribution in [3.63, 3.8) is 0 Å². The average molecular weight is 437 g/mol. The van der Waals surface area contributed by atoms with Crippen LogP contribution in [0.1, 0.15) is 48.5 Å². The summed E-state index contributed by atoms with van der Waals surface area (Å²) < 4.78 is 7.26. The standard InChI is InChI=1S/C24H25ClN4O2/c1-3-4-5-8-13-31-24(30)20-21-23(28-19-10-7-6-9-18(19)27-21)29(22(20)26)16-12-11-15(2)17(25)14-16/h6-7,9-12,14H,3-5,8,13,26H2,1-2H3. The number of anilines is 1. The summed E-state index contributed by atoms with van der Waals surface area (Å²) in [5, 5.41) is 0.604. The van der Waals surface area contributed by atoms with E-state index in [1.807, 2.05) is 49.4 Å². The van der Waals surface area contributed by atoms with E-state index >= 15 is 0 Å². The number of nitrogen functional groups attached to an aromatic ring is 1. The highest BCUT2D eigenvalue weighted by Crippen LogP contribution is 2.32. The molecule has 0 aliphatic carbocycles. The van der Waals surface area contributed by atoms with E-state index in [2.05, 4.69) is 6.92 Å². The van der Waals surface area contributed by atoms with E-state index in [-0.39, 0.29) is 11.4 Å². The Morgan fingerprint density at radius 2 is 1.84 bits per heavy atom. The predicted octanol–water partition coefficient (Wildman–Crippen LogP) is 5.85. The number of carbonyl (C=O) groups is 1. The van der Waals surface area contributed by atoms with Crippen LogP contribution < -0.4 is 5.73 Å². The first-order valence-electron chi connectivity index (χ1n) is 10.5. The zero-order chi connectivity index (χ0) is 22.0. The van der Waals surface area contributed by atoms with Gasteiger partial charge in [0.2, 0.25) is 0 Å². The fourth-order valence-corrected chi connectivity index (χ4v) is 3.79. The van der Waals surface area contributed by atoms with Crippen LogP contribution >= 0.6 is 11.6 Å². The average Bonchev–Trinajstić information content (AvgIpc) is 3.04. The summed E-state index contributed by atoms with van der Waals surface area (Å²) in [6.45, 7) is 4.42. The monoisotopic (exact) mass is 436 g/mol. The van der Waals surface area contributed by atoms with Crippen molar-refractivity contribution in [2.24, 2.45) is 0 Å². The molecular weight excluding hydrogens is 412 g/mol. The van der Waals surface area contributed by atoms with Gasteiger partial charge < -0.3 is 10.5 Å². The maximum Gasteiger partial charge on any atom is 0.344 e. The van der Waals surface area contributed by atoms with Crippen LogP contribution in [0, 0.1) is 6.92 Å². The number of aromatic nitrogens is 3. The van der Waals surface area contributed by atoms with Crippen LogP contribution in [-0.4, -0.2) is 27.1 Å². The Hall–Kier alpha value is -3.12. The lowest BCUT2D eigenvalue weighted by Crippen LogP contribution is -2.10. The Morgan fingerprint density at radius 1 is 1.10 bits per heavy atom. The predicted molar refractivity (Wildman–Crippen MR) is 125 cm³/mol. The van der Waals surface area contributed by atoms with Gasteiger partial charge in [0.15, 0.2) is 5.65 Å². The molecule has 160 valence electrons. The van der Waals surface area contributed by atoms with Gasteiger partial charge in [-0.2, -0.15) is 0 Å². The normalized spacial score (nSPS) is 11.3. The third-order valence-corrected chi connectivity index (χ3v) is 5.75. The molecule has 2 heterocycles. The molecule has 31 heavy (non-hydrogen) atoms. The van der Waals surface area contributed by atoms with E-state index in [0.29, 0.717) is 39.5 Å². The molecule has 2 aromatic carbocycles. The van der Waals surface area contributed by atoms with Crippen molar-refractivity contribution in [2.45, 2.75) is 39.5 Å². The first-order chi connectivity index (χ1) is 15.0. The van der Waals surface area contributed by atoms with E-state index in [9.17, 15) is 4.79 Å². The Bertz CT molecular complexity index is 1270. The van der Waals surface area contributed by atoms with Gasteiger partial charge >= 0.3 is 5.97 Å². The zero-order valence-electron chi connectivity index (χ0n) is 17.7. The third-order valence-electron chi connectivity index (χ3n) is 5.35. The van der Waals surface area contributed by atoms with Crippen molar-refractivity contribution in [1.29, 1.82) is 0 Å². The van der Waals surface area contributed by atoms with Crippen molar-refractivity contribution in [2.75, 3.05) is 12.3 Å². The van der Waals surface area contributed by atoms with Crippen LogP contribution in [0.4, 0.5) is 5.82 Å². The number of carbonyl (C=O) groups excluding carboxylic acids is 1. The molecule has 0 fully saturated rings. The number of aryl methyl sites for hydroxylation is 1. The summed E-state index contributed by atoms with van der Waals surface area (Å²) in [5.74, 6) is -0.246. The molecule has 6 nitrogen and oxygen atoms in total. The van der Waals surface area contributed by atoms with Crippen molar-refractivity contribution >= 4 is 45.6 Å². The molecule has 0 bridgehead atoms. The minimum atomic E-state index is -0.486. The fourth-order valence-electron chi connectivity index (χ4n) is 3.61. The van der Waals surface area contributed by atoms with Crippen LogP contribution in [0.25, 0.3) is 27.9 Å². The number of unbranched alkanes of at least 4 members (excludes halogenated alkanes) is 3. The summed E-state index contributed by atoms with van der Waals surface area (Å²) in [5.41, 5.74) is 10.7. The van der Waals surface area contributed by atoms with Gasteiger partial charge in [-0.1, -0.05) is 56.0 Å². The number of fused-ring (bicyclic) bond motifs is 2. The molecule has 0 saturated carbocycles. The SMILES string of the molecule is CCCCCCOC(=O)c1c(N)n(-c2ccc(C)c(Cl)c2)c2nc3ccccc3nc12. The maximum atomic E-state index is 13.0. The minimum absolute atomic E-state index is 0.237. The Balaban J connectivity index is 1.85. The van der Waals surface area contributed by atoms with Crippen molar-refractivity contribution < 1.29 is 9.53 Å². The van der Waals surface area contributed by atoms with Gasteiger partial charge in [0.1, 0.15) is 16.9 Å². The summed E-state index contributed by atoms with van der Waals surface area (Å²) >= 11 is 6.36. The quantitative estimate of drug-likeness (QED) is 0.290. The summed E-state index contributed by atoms with van der Waals surface area (Å²) in [6.07, 6.45) is 4.08. The van der Waals surface area contributed by atoms with E-state index in [0.717, 1.165) is 31.2 Å². The molecule has 4 aromatic rings. The topological polar surface area (TPSA) is 83.0 Å². The highest BCUT2D eigenvalue weighted by atomic mass is 35.5. The minimum Gasteiger partial charge on any atom is -0.462 e. The van der Waals surface area contributed by atoms with Crippen LogP contribution in [0.3, 0.4) is 0 Å². The lowest BCUT2D eigenvalue weighted by molar-refractivity contribution is 0.0501. The second-order valence-electron chi connectivity index (χ2n) is 7.61. The number of esters is 1. The van der Waals surface area contributed by atoms with Gasteiger partial charge in [0.05, 0.1) is 23.3 Å². The van der Waals surface area contributed by atoms with Gasteiger partial charge in [-0.05, 0) is 43.2 Å². The van der Waals surface area contributed by atoms with Gasteiger partial charge in [0.25, 0.3) is 0 Å². The number of hydrogen-bond donors (Lipinski definition) is 1. The molecule has 0 spiro atoms. The number of rotatable bonds is 7. The lowest BCUT2D eigenvalue weighted by Gasteiger charge is -2.09. The molecule has 2 N–H and O–H groups in total. The molecule has 0 radical (unpaired) electrons. The first-order valence-corrected chi connectivity index (χ1v) is 10.9. The molecule has 0 saturated heterocycles. The second kappa shape index (κ2) is 8.94. The molecular formula is C24H25ClN4O2. The second-order valence-corrected chi connectivity index (χ2v) is 8.02. The fraction of sp³-hybridized carbons (Fsp3) is 0.292. The lowest BCUT2D eigenvalue weighted by atomic mass is 10.2. The van der Waals surface area contributed by atoms with Gasteiger partial charge in [-0.3, -0.25) is 4.57 Å². The molecule has 0 aliphatic rings. The highest BCUT2D eigenvalue weighted by Gasteiger charge is 2.26. The van der Waals surface area contributed by atoms with Gasteiger partial charge in [0, 0.05) is 5.02 Å². The van der Waals surface area contributed by atoms with Gasteiger partial charge in [-0.25, -0.2) is 14.8 Å². The number of ether oxygens (including phenoxy) is 1. The first kappa shape index (κ1) is 21.1. The Kier molecular flexibility index (Phi) is 6.09. The van der Waals surface area contributed by atoms with Crippen LogP contribution in [0.15, 0.2) is 42.5 Å². The molecule has 0 atom stereocenters. The molecule has 7 heteroatoms. The molecule has 0 aliphatic heterocycles. The highest BCUT2D eigenvalue weighted by molar-refractivity contribution is 6.31. The van der Waals surface area contributed by atoms with E-state index in [1.165, 1.54) is 0 Å². The smallest absolute Gasteiger partial charge is 0.344 e. The Labute approximate surface area is 186 Å². The molecule has 4 rings (SSSR count). The zero-order valence-corrected chi connectivity index (χ0v) is 18.4. The number of halogens is 1.